The van der Waals surface area contributed by atoms with Gasteiger partial charge in [-0.05, 0) is 38.5 Å². The van der Waals surface area contributed by atoms with Crippen LogP contribution in [-0.2, 0) is 9.53 Å². The molecule has 1 saturated carbocycles. The molecular weight excluding hydrogens is 302 g/mol. The van der Waals surface area contributed by atoms with Crippen molar-refractivity contribution in [3.8, 4) is 0 Å². The molecule has 1 saturated heterocycles. The van der Waals surface area contributed by atoms with Crippen molar-refractivity contribution in [3.63, 3.8) is 0 Å². The standard InChI is InChI=1S/C19H37N3O2/c1-13(2)18(22-11-14(3)24-15(4)12-22)19(23)21-17(10-20)16-8-6-5-7-9-16/h13-18H,5-12,20H2,1-4H3,(H,21,23). The van der Waals surface area contributed by atoms with Crippen molar-refractivity contribution in [2.45, 2.75) is 84.1 Å². The van der Waals surface area contributed by atoms with Gasteiger partial charge in [0.25, 0.3) is 0 Å². The highest BCUT2D eigenvalue weighted by Crippen LogP contribution is 2.27. The van der Waals surface area contributed by atoms with Crippen molar-refractivity contribution in [3.05, 3.63) is 0 Å². The Morgan fingerprint density at radius 1 is 1.17 bits per heavy atom. The molecule has 1 heterocycles. The van der Waals surface area contributed by atoms with E-state index >= 15 is 0 Å². The van der Waals surface area contributed by atoms with E-state index in [-0.39, 0.29) is 36.1 Å². The molecule has 0 aromatic heterocycles. The third-order valence-electron chi connectivity index (χ3n) is 5.54. The zero-order valence-corrected chi connectivity index (χ0v) is 16.0. The molecule has 140 valence electrons. The van der Waals surface area contributed by atoms with Gasteiger partial charge in [-0.3, -0.25) is 9.69 Å². The number of hydrogen-bond acceptors (Lipinski definition) is 4. The van der Waals surface area contributed by atoms with Crippen LogP contribution in [0.4, 0.5) is 0 Å². The van der Waals surface area contributed by atoms with Crippen molar-refractivity contribution in [2.24, 2.45) is 17.6 Å². The van der Waals surface area contributed by atoms with Crippen LogP contribution in [0.5, 0.6) is 0 Å². The van der Waals surface area contributed by atoms with Gasteiger partial charge in [0.15, 0.2) is 0 Å². The molecule has 0 radical (unpaired) electrons. The summed E-state index contributed by atoms with van der Waals surface area (Å²) in [6.45, 7) is 10.6. The third kappa shape index (κ3) is 5.17. The lowest BCUT2D eigenvalue weighted by Crippen LogP contribution is -2.59. The molecule has 5 heteroatoms. The monoisotopic (exact) mass is 339 g/mol. The fourth-order valence-corrected chi connectivity index (χ4v) is 4.51. The summed E-state index contributed by atoms with van der Waals surface area (Å²) >= 11 is 0. The first kappa shape index (κ1) is 19.7. The van der Waals surface area contributed by atoms with E-state index in [2.05, 4.69) is 37.9 Å². The molecule has 0 aromatic rings. The fourth-order valence-electron chi connectivity index (χ4n) is 4.51. The highest BCUT2D eigenvalue weighted by Gasteiger charge is 2.35. The predicted molar refractivity (Wildman–Crippen MR) is 97.8 cm³/mol. The van der Waals surface area contributed by atoms with Crippen LogP contribution in [-0.4, -0.2) is 54.7 Å². The molecule has 2 rings (SSSR count). The number of carbonyl (C=O) groups is 1. The predicted octanol–water partition coefficient (Wildman–Crippen LogP) is 2.14. The van der Waals surface area contributed by atoms with Gasteiger partial charge in [0.05, 0.1) is 18.2 Å². The average molecular weight is 340 g/mol. The topological polar surface area (TPSA) is 67.6 Å². The molecule has 4 unspecified atom stereocenters. The Bertz CT molecular complexity index is 386. The number of hydrogen-bond donors (Lipinski definition) is 2. The van der Waals surface area contributed by atoms with Crippen molar-refractivity contribution in [1.82, 2.24) is 10.2 Å². The highest BCUT2D eigenvalue weighted by atomic mass is 16.5. The van der Waals surface area contributed by atoms with Gasteiger partial charge in [0, 0.05) is 25.7 Å². The van der Waals surface area contributed by atoms with E-state index in [4.69, 9.17) is 10.5 Å². The number of nitrogens with zero attached hydrogens (tertiary/aromatic N) is 1. The second kappa shape index (κ2) is 9.16. The summed E-state index contributed by atoms with van der Waals surface area (Å²) in [6.07, 6.45) is 6.59. The smallest absolute Gasteiger partial charge is 0.237 e. The van der Waals surface area contributed by atoms with Gasteiger partial charge in [-0.1, -0.05) is 33.1 Å². The highest BCUT2D eigenvalue weighted by molar-refractivity contribution is 5.82. The normalized spacial score (nSPS) is 29.4. The van der Waals surface area contributed by atoms with Crippen molar-refractivity contribution in [1.29, 1.82) is 0 Å². The van der Waals surface area contributed by atoms with Crippen LogP contribution >= 0.6 is 0 Å². The van der Waals surface area contributed by atoms with Crippen LogP contribution in [0, 0.1) is 11.8 Å². The molecule has 0 bridgehead atoms. The molecule has 1 aliphatic heterocycles. The number of ether oxygens (including phenoxy) is 1. The minimum Gasteiger partial charge on any atom is -0.373 e. The lowest BCUT2D eigenvalue weighted by Gasteiger charge is -2.42. The van der Waals surface area contributed by atoms with Crippen LogP contribution < -0.4 is 11.1 Å². The molecule has 2 fully saturated rings. The number of rotatable bonds is 6. The van der Waals surface area contributed by atoms with E-state index in [1.165, 1.54) is 32.1 Å². The second-order valence-electron chi connectivity index (χ2n) is 8.15. The molecular formula is C19H37N3O2. The lowest BCUT2D eigenvalue weighted by molar-refractivity contribution is -0.136. The summed E-state index contributed by atoms with van der Waals surface area (Å²) in [4.78, 5) is 15.4. The molecule has 5 nitrogen and oxygen atoms in total. The molecule has 4 atom stereocenters. The van der Waals surface area contributed by atoms with Crippen molar-refractivity contribution in [2.75, 3.05) is 19.6 Å². The molecule has 2 aliphatic rings. The van der Waals surface area contributed by atoms with E-state index in [9.17, 15) is 4.79 Å². The largest absolute Gasteiger partial charge is 0.373 e. The van der Waals surface area contributed by atoms with E-state index in [0.717, 1.165) is 13.1 Å². The second-order valence-corrected chi connectivity index (χ2v) is 8.15. The van der Waals surface area contributed by atoms with E-state index < -0.39 is 0 Å². The SMILES string of the molecule is CC1CN(C(C(=O)NC(CN)C2CCCCC2)C(C)C)CC(C)O1. The Morgan fingerprint density at radius 3 is 2.25 bits per heavy atom. The molecule has 1 amide bonds. The third-order valence-corrected chi connectivity index (χ3v) is 5.54. The molecule has 3 N–H and O–H groups in total. The Morgan fingerprint density at radius 2 is 1.75 bits per heavy atom. The van der Waals surface area contributed by atoms with Gasteiger partial charge in [0.1, 0.15) is 0 Å². The van der Waals surface area contributed by atoms with Gasteiger partial charge in [0.2, 0.25) is 5.91 Å². The maximum absolute atomic E-state index is 13.1. The van der Waals surface area contributed by atoms with Crippen LogP contribution in [0.15, 0.2) is 0 Å². The minimum atomic E-state index is -0.101. The van der Waals surface area contributed by atoms with Gasteiger partial charge < -0.3 is 15.8 Å². The molecule has 24 heavy (non-hydrogen) atoms. The Balaban J connectivity index is 2.02. The molecule has 0 spiro atoms. The number of morpholine rings is 1. The Hall–Kier alpha value is -0.650. The van der Waals surface area contributed by atoms with Crippen LogP contribution in [0.25, 0.3) is 0 Å². The van der Waals surface area contributed by atoms with Gasteiger partial charge >= 0.3 is 0 Å². The maximum atomic E-state index is 13.1. The average Bonchev–Trinajstić information content (AvgIpc) is 2.52. The summed E-state index contributed by atoms with van der Waals surface area (Å²) in [5, 5.41) is 3.30. The lowest BCUT2D eigenvalue weighted by atomic mass is 9.83. The van der Waals surface area contributed by atoms with Crippen LogP contribution in [0.1, 0.15) is 59.8 Å². The number of nitrogens with one attached hydrogen (secondary N) is 1. The van der Waals surface area contributed by atoms with E-state index in [1.54, 1.807) is 0 Å². The number of amides is 1. The quantitative estimate of drug-likeness (QED) is 0.778. The minimum absolute atomic E-state index is 0.101. The summed E-state index contributed by atoms with van der Waals surface area (Å²) < 4.78 is 5.83. The van der Waals surface area contributed by atoms with Crippen LogP contribution in [0.3, 0.4) is 0 Å². The zero-order valence-electron chi connectivity index (χ0n) is 16.0. The number of carbonyl (C=O) groups excluding carboxylic acids is 1. The Labute approximate surface area is 147 Å². The first-order valence-electron chi connectivity index (χ1n) is 9.82. The molecule has 1 aliphatic carbocycles. The van der Waals surface area contributed by atoms with Gasteiger partial charge in [-0.15, -0.1) is 0 Å². The van der Waals surface area contributed by atoms with Gasteiger partial charge in [-0.2, -0.15) is 0 Å². The van der Waals surface area contributed by atoms with E-state index in [1.807, 2.05) is 0 Å². The van der Waals surface area contributed by atoms with Crippen molar-refractivity contribution < 1.29 is 9.53 Å². The summed E-state index contributed by atoms with van der Waals surface area (Å²) in [5.74, 6) is 0.961. The first-order valence-corrected chi connectivity index (χ1v) is 9.82. The summed E-state index contributed by atoms with van der Waals surface area (Å²) in [6, 6.07) is 0.0198. The molecule has 0 aromatic carbocycles. The summed E-state index contributed by atoms with van der Waals surface area (Å²) in [7, 11) is 0. The maximum Gasteiger partial charge on any atom is 0.237 e. The summed E-state index contributed by atoms with van der Waals surface area (Å²) in [5.41, 5.74) is 6.00. The van der Waals surface area contributed by atoms with E-state index in [0.29, 0.717) is 12.5 Å². The van der Waals surface area contributed by atoms with Gasteiger partial charge in [-0.25, -0.2) is 0 Å². The Kier molecular flexibility index (Phi) is 7.51. The fraction of sp³-hybridized carbons (Fsp3) is 0.947. The zero-order chi connectivity index (χ0) is 17.7. The van der Waals surface area contributed by atoms with Crippen LogP contribution in [0.2, 0.25) is 0 Å². The van der Waals surface area contributed by atoms with Crippen molar-refractivity contribution >= 4 is 5.91 Å². The number of nitrogens with two attached hydrogens (primary N) is 1. The first-order chi connectivity index (χ1) is 11.4.